The van der Waals surface area contributed by atoms with E-state index in [0.717, 1.165) is 22.4 Å². The van der Waals surface area contributed by atoms with Gasteiger partial charge in [0, 0.05) is 24.1 Å². The molecule has 2 N–H and O–H groups in total. The Balaban J connectivity index is 0.00000324. The number of guanidine groups is 1. The molecule has 3 nitrogen and oxygen atoms in total. The molecule has 0 aliphatic rings. The lowest BCUT2D eigenvalue weighted by Gasteiger charge is -2.16. The minimum atomic E-state index is -0.244. The molecule has 0 aliphatic heterocycles. The molecule has 0 saturated heterocycles. The number of hydrogen-bond acceptors (Lipinski definition) is 1. The summed E-state index contributed by atoms with van der Waals surface area (Å²) in [6.45, 7) is 4.73. The van der Waals surface area contributed by atoms with E-state index in [2.05, 4.69) is 45.4 Å². The SMILES string of the molecule is CCC(C)NC(=NC)NCc1cc(F)cc(Br)c1.I. The van der Waals surface area contributed by atoms with Crippen LogP contribution in [0, 0.1) is 5.82 Å². The molecule has 19 heavy (non-hydrogen) atoms. The molecule has 1 unspecified atom stereocenters. The van der Waals surface area contributed by atoms with E-state index in [0.29, 0.717) is 12.6 Å². The van der Waals surface area contributed by atoms with Crippen LogP contribution < -0.4 is 10.6 Å². The van der Waals surface area contributed by atoms with E-state index in [1.807, 2.05) is 6.07 Å². The predicted molar refractivity (Wildman–Crippen MR) is 92.6 cm³/mol. The first kappa shape index (κ1) is 18.6. The molecule has 0 saturated carbocycles. The summed E-state index contributed by atoms with van der Waals surface area (Å²) in [5.41, 5.74) is 0.869. The minimum Gasteiger partial charge on any atom is -0.354 e. The molecule has 1 aromatic rings. The van der Waals surface area contributed by atoms with Gasteiger partial charge in [-0.2, -0.15) is 0 Å². The first-order valence-electron chi connectivity index (χ1n) is 5.97. The Morgan fingerprint density at radius 1 is 1.42 bits per heavy atom. The van der Waals surface area contributed by atoms with Crippen molar-refractivity contribution < 1.29 is 4.39 Å². The quantitative estimate of drug-likeness (QED) is 0.423. The van der Waals surface area contributed by atoms with Crippen molar-refractivity contribution in [2.75, 3.05) is 7.05 Å². The summed E-state index contributed by atoms with van der Waals surface area (Å²) in [7, 11) is 1.72. The Morgan fingerprint density at radius 2 is 2.11 bits per heavy atom. The van der Waals surface area contributed by atoms with Crippen LogP contribution in [0.25, 0.3) is 0 Å². The zero-order valence-corrected chi connectivity index (χ0v) is 15.3. The third-order valence-electron chi connectivity index (χ3n) is 2.60. The van der Waals surface area contributed by atoms with Gasteiger partial charge in [-0.25, -0.2) is 4.39 Å². The van der Waals surface area contributed by atoms with E-state index in [1.165, 1.54) is 12.1 Å². The first-order valence-corrected chi connectivity index (χ1v) is 6.76. The van der Waals surface area contributed by atoms with Gasteiger partial charge in [-0.3, -0.25) is 4.99 Å². The van der Waals surface area contributed by atoms with Gasteiger partial charge in [0.15, 0.2) is 5.96 Å². The zero-order chi connectivity index (χ0) is 13.5. The van der Waals surface area contributed by atoms with Gasteiger partial charge in [-0.05, 0) is 37.1 Å². The Bertz CT molecular complexity index is 406. The molecule has 1 atom stereocenters. The van der Waals surface area contributed by atoms with E-state index >= 15 is 0 Å². The van der Waals surface area contributed by atoms with Crippen LogP contribution in [0.4, 0.5) is 4.39 Å². The molecule has 6 heteroatoms. The van der Waals surface area contributed by atoms with Gasteiger partial charge >= 0.3 is 0 Å². The Labute approximate surface area is 139 Å². The van der Waals surface area contributed by atoms with Crippen molar-refractivity contribution in [2.24, 2.45) is 4.99 Å². The number of nitrogens with zero attached hydrogens (tertiary/aromatic N) is 1. The van der Waals surface area contributed by atoms with Crippen LogP contribution in [0.15, 0.2) is 27.7 Å². The standard InChI is InChI=1S/C13H19BrFN3.HI/c1-4-9(2)18-13(16-3)17-8-10-5-11(14)7-12(15)6-10;/h5-7,9H,4,8H2,1-3H3,(H2,16,17,18);1H. The van der Waals surface area contributed by atoms with Gasteiger partial charge in [0.05, 0.1) is 0 Å². The predicted octanol–water partition coefficient (Wildman–Crippen LogP) is 3.67. The highest BCUT2D eigenvalue weighted by Gasteiger charge is 2.04. The van der Waals surface area contributed by atoms with Gasteiger partial charge in [-0.1, -0.05) is 22.9 Å². The summed E-state index contributed by atoms with van der Waals surface area (Å²) in [6.07, 6.45) is 1.02. The molecular formula is C13H20BrFIN3. The van der Waals surface area contributed by atoms with Crippen molar-refractivity contribution >= 4 is 45.9 Å². The molecule has 0 amide bonds. The number of halogens is 3. The van der Waals surface area contributed by atoms with Crippen molar-refractivity contribution in [3.8, 4) is 0 Å². The molecule has 1 rings (SSSR count). The topological polar surface area (TPSA) is 36.4 Å². The van der Waals surface area contributed by atoms with Crippen molar-refractivity contribution in [2.45, 2.75) is 32.9 Å². The number of nitrogens with one attached hydrogen (secondary N) is 2. The lowest BCUT2D eigenvalue weighted by atomic mass is 10.2. The van der Waals surface area contributed by atoms with Crippen LogP contribution >= 0.6 is 39.9 Å². The molecule has 0 heterocycles. The Hall–Kier alpha value is -0.370. The molecular weight excluding hydrogens is 424 g/mol. The van der Waals surface area contributed by atoms with Crippen LogP contribution in [0.1, 0.15) is 25.8 Å². The fraction of sp³-hybridized carbons (Fsp3) is 0.462. The van der Waals surface area contributed by atoms with Crippen LogP contribution in [0.2, 0.25) is 0 Å². The van der Waals surface area contributed by atoms with Crippen LogP contribution in [-0.2, 0) is 6.54 Å². The number of benzene rings is 1. The summed E-state index contributed by atoms with van der Waals surface area (Å²) in [5, 5.41) is 6.41. The third-order valence-corrected chi connectivity index (χ3v) is 3.06. The second-order valence-corrected chi connectivity index (χ2v) is 5.07. The van der Waals surface area contributed by atoms with Gasteiger partial charge in [-0.15, -0.1) is 24.0 Å². The highest BCUT2D eigenvalue weighted by Crippen LogP contribution is 2.14. The van der Waals surface area contributed by atoms with E-state index in [-0.39, 0.29) is 29.8 Å². The molecule has 0 aromatic heterocycles. The van der Waals surface area contributed by atoms with Crippen LogP contribution in [-0.4, -0.2) is 19.0 Å². The minimum absolute atomic E-state index is 0. The number of rotatable bonds is 4. The maximum Gasteiger partial charge on any atom is 0.191 e. The number of hydrogen-bond donors (Lipinski definition) is 2. The smallest absolute Gasteiger partial charge is 0.191 e. The fourth-order valence-electron chi connectivity index (χ4n) is 1.43. The maximum atomic E-state index is 13.2. The average Bonchev–Trinajstić information content (AvgIpc) is 2.32. The lowest BCUT2D eigenvalue weighted by molar-refractivity contribution is 0.617. The lowest BCUT2D eigenvalue weighted by Crippen LogP contribution is -2.41. The third kappa shape index (κ3) is 7.10. The fourth-order valence-corrected chi connectivity index (χ4v) is 1.94. The Kier molecular flexibility index (Phi) is 9.34. The molecule has 0 bridgehead atoms. The van der Waals surface area contributed by atoms with Crippen molar-refractivity contribution in [3.05, 3.63) is 34.1 Å². The number of aliphatic imine (C=N–C) groups is 1. The van der Waals surface area contributed by atoms with E-state index in [4.69, 9.17) is 0 Å². The molecule has 108 valence electrons. The van der Waals surface area contributed by atoms with Gasteiger partial charge in [0.1, 0.15) is 5.82 Å². The van der Waals surface area contributed by atoms with Gasteiger partial charge in [0.2, 0.25) is 0 Å². The molecule has 0 aliphatic carbocycles. The van der Waals surface area contributed by atoms with Crippen LogP contribution in [0.5, 0.6) is 0 Å². The van der Waals surface area contributed by atoms with Crippen molar-refractivity contribution in [1.82, 2.24) is 10.6 Å². The molecule has 1 aromatic carbocycles. The second-order valence-electron chi connectivity index (χ2n) is 4.16. The second kappa shape index (κ2) is 9.52. The van der Waals surface area contributed by atoms with Gasteiger partial charge in [0.25, 0.3) is 0 Å². The monoisotopic (exact) mass is 443 g/mol. The van der Waals surface area contributed by atoms with Crippen molar-refractivity contribution in [3.63, 3.8) is 0 Å². The van der Waals surface area contributed by atoms with E-state index in [9.17, 15) is 4.39 Å². The largest absolute Gasteiger partial charge is 0.354 e. The molecule has 0 radical (unpaired) electrons. The summed E-state index contributed by atoms with van der Waals surface area (Å²) in [4.78, 5) is 4.12. The normalized spacial score (nSPS) is 12.6. The molecule has 0 fully saturated rings. The zero-order valence-electron chi connectivity index (χ0n) is 11.3. The summed E-state index contributed by atoms with van der Waals surface area (Å²) < 4.78 is 13.9. The summed E-state index contributed by atoms with van der Waals surface area (Å²) in [5.74, 6) is 0.482. The summed E-state index contributed by atoms with van der Waals surface area (Å²) in [6, 6.07) is 5.19. The van der Waals surface area contributed by atoms with Crippen molar-refractivity contribution in [1.29, 1.82) is 0 Å². The maximum absolute atomic E-state index is 13.2. The average molecular weight is 444 g/mol. The van der Waals surface area contributed by atoms with Gasteiger partial charge < -0.3 is 10.6 Å². The molecule has 0 spiro atoms. The Morgan fingerprint density at radius 3 is 2.63 bits per heavy atom. The highest BCUT2D eigenvalue weighted by molar-refractivity contribution is 14.0. The summed E-state index contributed by atoms with van der Waals surface area (Å²) >= 11 is 3.27. The highest BCUT2D eigenvalue weighted by atomic mass is 127. The van der Waals surface area contributed by atoms with Crippen LogP contribution in [0.3, 0.4) is 0 Å². The first-order chi connectivity index (χ1) is 8.55. The van der Waals surface area contributed by atoms with E-state index < -0.39 is 0 Å². The van der Waals surface area contributed by atoms with E-state index in [1.54, 1.807) is 7.05 Å².